The van der Waals surface area contributed by atoms with E-state index in [2.05, 4.69) is 15.9 Å². The van der Waals surface area contributed by atoms with Gasteiger partial charge >= 0.3 is 5.97 Å². The van der Waals surface area contributed by atoms with Crippen molar-refractivity contribution in [3.05, 3.63) is 33.3 Å². The molecule has 21 heavy (non-hydrogen) atoms. The number of hydrogen-bond donors (Lipinski definition) is 1. The summed E-state index contributed by atoms with van der Waals surface area (Å²) in [6, 6.07) is 4.74. The number of aliphatic carboxylic acids is 1. The number of carbonyl (C=O) groups excluding carboxylic acids is 1. The molecule has 1 aromatic rings. The van der Waals surface area contributed by atoms with Crippen molar-refractivity contribution in [2.24, 2.45) is 5.92 Å². The van der Waals surface area contributed by atoms with Gasteiger partial charge in [0.15, 0.2) is 0 Å². The van der Waals surface area contributed by atoms with Crippen LogP contribution in [0.4, 0.5) is 0 Å². The van der Waals surface area contributed by atoms with Crippen molar-refractivity contribution in [1.82, 2.24) is 4.90 Å². The molecule has 2 unspecified atom stereocenters. The second-order valence-electron chi connectivity index (χ2n) is 5.49. The van der Waals surface area contributed by atoms with Gasteiger partial charge in [-0.05, 0) is 38.0 Å². The van der Waals surface area contributed by atoms with E-state index in [1.165, 1.54) is 0 Å². The fourth-order valence-electron chi connectivity index (χ4n) is 2.89. The summed E-state index contributed by atoms with van der Waals surface area (Å²) >= 11 is 9.63. The molecule has 1 N–H and O–H groups in total. The van der Waals surface area contributed by atoms with Gasteiger partial charge in [0, 0.05) is 22.0 Å². The molecule has 1 amide bonds. The number of carboxylic acid groups (broad SMARTS) is 1. The quantitative estimate of drug-likeness (QED) is 0.873. The highest BCUT2D eigenvalue weighted by Crippen LogP contribution is 2.41. The van der Waals surface area contributed by atoms with Crippen LogP contribution >= 0.6 is 27.5 Å². The zero-order chi connectivity index (χ0) is 15.7. The van der Waals surface area contributed by atoms with Gasteiger partial charge in [-0.2, -0.15) is 0 Å². The molecule has 114 valence electrons. The Hall–Kier alpha value is -1.07. The summed E-state index contributed by atoms with van der Waals surface area (Å²) in [5, 5.41) is 9.98. The standard InChI is InChI=1S/C15H17BrClNO3/c1-8(2)18-13(19)6-5-11(15(20)21)14(18)10-4-3-9(16)7-12(10)17/h3-4,7-8,11,14H,5-6H2,1-2H3,(H,20,21). The third-order valence-corrected chi connectivity index (χ3v) is 4.61. The third kappa shape index (κ3) is 3.24. The third-order valence-electron chi connectivity index (χ3n) is 3.79. The van der Waals surface area contributed by atoms with Crippen molar-refractivity contribution >= 4 is 39.4 Å². The Kier molecular flexibility index (Phi) is 4.94. The minimum absolute atomic E-state index is 0.0218. The second-order valence-corrected chi connectivity index (χ2v) is 6.81. The van der Waals surface area contributed by atoms with E-state index in [9.17, 15) is 14.7 Å². The normalized spacial score (nSPS) is 22.7. The molecule has 1 aromatic carbocycles. The summed E-state index contributed by atoms with van der Waals surface area (Å²) in [6.45, 7) is 3.78. The van der Waals surface area contributed by atoms with Crippen LogP contribution in [0.1, 0.15) is 38.3 Å². The molecule has 6 heteroatoms. The summed E-state index contributed by atoms with van der Waals surface area (Å²) in [4.78, 5) is 25.5. The Morgan fingerprint density at radius 1 is 1.48 bits per heavy atom. The van der Waals surface area contributed by atoms with E-state index < -0.39 is 17.9 Å². The molecule has 0 bridgehead atoms. The predicted molar refractivity (Wildman–Crippen MR) is 84.2 cm³/mol. The zero-order valence-corrected chi connectivity index (χ0v) is 14.2. The molecule has 1 saturated heterocycles. The topological polar surface area (TPSA) is 57.6 Å². The van der Waals surface area contributed by atoms with Crippen LogP contribution in [0.2, 0.25) is 5.02 Å². The summed E-state index contributed by atoms with van der Waals surface area (Å²) in [5.41, 5.74) is 0.689. The molecule has 1 aliphatic heterocycles. The lowest BCUT2D eigenvalue weighted by Gasteiger charge is -2.42. The lowest BCUT2D eigenvalue weighted by atomic mass is 9.83. The van der Waals surface area contributed by atoms with Crippen LogP contribution < -0.4 is 0 Å². The van der Waals surface area contributed by atoms with E-state index >= 15 is 0 Å². The average Bonchev–Trinajstić information content (AvgIpc) is 2.37. The molecule has 0 aromatic heterocycles. The van der Waals surface area contributed by atoms with Crippen LogP contribution in [-0.2, 0) is 9.59 Å². The van der Waals surface area contributed by atoms with Crippen LogP contribution in [0.5, 0.6) is 0 Å². The maximum atomic E-state index is 12.2. The summed E-state index contributed by atoms with van der Waals surface area (Å²) in [7, 11) is 0. The molecule has 0 radical (unpaired) electrons. The number of likely N-dealkylation sites (tertiary alicyclic amines) is 1. The predicted octanol–water partition coefficient (Wildman–Crippen LogP) is 3.88. The van der Waals surface area contributed by atoms with Crippen LogP contribution in [-0.4, -0.2) is 27.9 Å². The van der Waals surface area contributed by atoms with Crippen LogP contribution in [0, 0.1) is 5.92 Å². The largest absolute Gasteiger partial charge is 0.481 e. The van der Waals surface area contributed by atoms with Gasteiger partial charge < -0.3 is 10.0 Å². The van der Waals surface area contributed by atoms with Gasteiger partial charge in [0.1, 0.15) is 0 Å². The van der Waals surface area contributed by atoms with E-state index in [0.29, 0.717) is 17.0 Å². The summed E-state index contributed by atoms with van der Waals surface area (Å²) < 4.78 is 0.821. The van der Waals surface area contributed by atoms with Crippen molar-refractivity contribution in [1.29, 1.82) is 0 Å². The monoisotopic (exact) mass is 373 g/mol. The fraction of sp³-hybridized carbons (Fsp3) is 0.467. The maximum Gasteiger partial charge on any atom is 0.308 e. The maximum absolute atomic E-state index is 12.2. The highest BCUT2D eigenvalue weighted by Gasteiger charge is 2.42. The average molecular weight is 375 g/mol. The molecule has 2 rings (SSSR count). The van der Waals surface area contributed by atoms with Crippen molar-refractivity contribution in [3.63, 3.8) is 0 Å². The Bertz CT molecular complexity index is 576. The van der Waals surface area contributed by atoms with Crippen LogP contribution in [0.25, 0.3) is 0 Å². The smallest absolute Gasteiger partial charge is 0.308 e. The number of carboxylic acids is 1. The van der Waals surface area contributed by atoms with Gasteiger partial charge in [0.25, 0.3) is 0 Å². The van der Waals surface area contributed by atoms with Crippen LogP contribution in [0.15, 0.2) is 22.7 Å². The Morgan fingerprint density at radius 2 is 2.14 bits per heavy atom. The van der Waals surface area contributed by atoms with E-state index in [1.807, 2.05) is 19.9 Å². The number of benzene rings is 1. The first-order valence-electron chi connectivity index (χ1n) is 6.82. The molecule has 0 saturated carbocycles. The van der Waals surface area contributed by atoms with E-state index in [1.54, 1.807) is 17.0 Å². The first-order valence-corrected chi connectivity index (χ1v) is 7.99. The van der Waals surface area contributed by atoms with Crippen molar-refractivity contribution < 1.29 is 14.7 Å². The van der Waals surface area contributed by atoms with Gasteiger partial charge in [-0.25, -0.2) is 0 Å². The molecule has 0 aliphatic carbocycles. The van der Waals surface area contributed by atoms with E-state index in [0.717, 1.165) is 4.47 Å². The minimum Gasteiger partial charge on any atom is -0.481 e. The highest BCUT2D eigenvalue weighted by atomic mass is 79.9. The number of rotatable bonds is 3. The van der Waals surface area contributed by atoms with Gasteiger partial charge in [0.2, 0.25) is 5.91 Å². The van der Waals surface area contributed by atoms with Gasteiger partial charge in [-0.3, -0.25) is 9.59 Å². The second kappa shape index (κ2) is 6.36. The molecular formula is C15H17BrClNO3. The number of nitrogens with zero attached hydrogens (tertiary/aromatic N) is 1. The Labute approximate surface area is 137 Å². The molecule has 4 nitrogen and oxygen atoms in total. The van der Waals surface area contributed by atoms with Gasteiger partial charge in [-0.15, -0.1) is 0 Å². The molecule has 1 heterocycles. The summed E-state index contributed by atoms with van der Waals surface area (Å²) in [6.07, 6.45) is 0.605. The Balaban J connectivity index is 2.54. The first-order chi connectivity index (χ1) is 9.82. The number of carbonyl (C=O) groups is 2. The lowest BCUT2D eigenvalue weighted by molar-refractivity contribution is -0.153. The van der Waals surface area contributed by atoms with Crippen molar-refractivity contribution in [2.45, 2.75) is 38.8 Å². The number of halogens is 2. The number of amides is 1. The zero-order valence-electron chi connectivity index (χ0n) is 11.8. The molecule has 2 atom stereocenters. The highest BCUT2D eigenvalue weighted by molar-refractivity contribution is 9.10. The minimum atomic E-state index is -0.892. The van der Waals surface area contributed by atoms with Crippen LogP contribution in [0.3, 0.4) is 0 Å². The molecule has 1 fully saturated rings. The SMILES string of the molecule is CC(C)N1C(=O)CCC(C(=O)O)C1c1ccc(Br)cc1Cl. The first kappa shape index (κ1) is 16.3. The van der Waals surface area contributed by atoms with Crippen molar-refractivity contribution in [2.75, 3.05) is 0 Å². The molecule has 0 spiro atoms. The number of hydrogen-bond acceptors (Lipinski definition) is 2. The fourth-order valence-corrected chi connectivity index (χ4v) is 3.68. The lowest BCUT2D eigenvalue weighted by Crippen LogP contribution is -2.48. The molecular weight excluding hydrogens is 358 g/mol. The molecule has 1 aliphatic rings. The summed E-state index contributed by atoms with van der Waals surface area (Å²) in [5.74, 6) is -1.55. The van der Waals surface area contributed by atoms with Gasteiger partial charge in [0.05, 0.1) is 12.0 Å². The Morgan fingerprint density at radius 3 is 2.67 bits per heavy atom. The van der Waals surface area contributed by atoms with Gasteiger partial charge in [-0.1, -0.05) is 33.6 Å². The number of piperidine rings is 1. The van der Waals surface area contributed by atoms with E-state index in [4.69, 9.17) is 11.6 Å². The van der Waals surface area contributed by atoms with Crippen molar-refractivity contribution in [3.8, 4) is 0 Å². The van der Waals surface area contributed by atoms with E-state index in [-0.39, 0.29) is 18.4 Å².